The lowest BCUT2D eigenvalue weighted by Gasteiger charge is -2.10. The fraction of sp³-hybridized carbons (Fsp3) is 0.0741. The average molecular weight is 453 g/mol. The first-order valence-electron chi connectivity index (χ1n) is 10.6. The van der Waals surface area contributed by atoms with E-state index >= 15 is 0 Å². The Balaban J connectivity index is 1.61. The highest BCUT2D eigenvalue weighted by Crippen LogP contribution is 2.27. The van der Waals surface area contributed by atoms with Crippen molar-refractivity contribution in [3.8, 4) is 17.1 Å². The van der Waals surface area contributed by atoms with Gasteiger partial charge in [-0.25, -0.2) is 9.67 Å². The van der Waals surface area contributed by atoms with Gasteiger partial charge in [-0.2, -0.15) is 0 Å². The predicted molar refractivity (Wildman–Crippen MR) is 133 cm³/mol. The highest BCUT2D eigenvalue weighted by molar-refractivity contribution is 6.30. The number of hydrogen-bond acceptors (Lipinski definition) is 3. The lowest BCUT2D eigenvalue weighted by Crippen LogP contribution is -2.14. The number of amides is 1. The summed E-state index contributed by atoms with van der Waals surface area (Å²) in [4.78, 5) is 17.9. The third-order valence-electron chi connectivity index (χ3n) is 5.52. The molecule has 0 atom stereocenters. The summed E-state index contributed by atoms with van der Waals surface area (Å²) in [5, 5.41) is 10.2. The van der Waals surface area contributed by atoms with Gasteiger partial charge in [0.15, 0.2) is 5.82 Å². The largest absolute Gasteiger partial charge is 0.319 e. The summed E-state index contributed by atoms with van der Waals surface area (Å²) in [6, 6.07) is 27.2. The van der Waals surface area contributed by atoms with E-state index in [1.165, 1.54) is 0 Å². The number of carbonyl (C=O) groups excluding carboxylic acids is 1. The first-order valence-corrected chi connectivity index (χ1v) is 11.0. The zero-order valence-electron chi connectivity index (χ0n) is 18.2. The minimum absolute atomic E-state index is 0.0822. The highest BCUT2D eigenvalue weighted by Gasteiger charge is 2.20. The molecule has 0 aliphatic carbocycles. The molecule has 5 nitrogen and oxygen atoms in total. The third-order valence-corrected chi connectivity index (χ3v) is 5.76. The van der Waals surface area contributed by atoms with Crippen molar-refractivity contribution >= 4 is 34.0 Å². The molecule has 0 saturated carbocycles. The van der Waals surface area contributed by atoms with E-state index in [0.29, 0.717) is 16.5 Å². The van der Waals surface area contributed by atoms with Crippen LogP contribution in [0.2, 0.25) is 5.02 Å². The van der Waals surface area contributed by atoms with E-state index in [2.05, 4.69) is 15.4 Å². The molecule has 0 aliphatic rings. The second-order valence-electron chi connectivity index (χ2n) is 7.95. The molecule has 6 heteroatoms. The van der Waals surface area contributed by atoms with Gasteiger partial charge in [0.25, 0.3) is 5.91 Å². The Kier molecular flexibility index (Phi) is 5.40. The van der Waals surface area contributed by atoms with E-state index in [0.717, 1.165) is 33.2 Å². The van der Waals surface area contributed by atoms with Gasteiger partial charge in [-0.1, -0.05) is 72.3 Å². The number of benzene rings is 4. The molecule has 0 bridgehead atoms. The molecule has 4 aromatic carbocycles. The predicted octanol–water partition coefficient (Wildman–Crippen LogP) is 6.61. The van der Waals surface area contributed by atoms with Crippen molar-refractivity contribution in [1.82, 2.24) is 14.8 Å². The number of carbonyl (C=O) groups is 1. The lowest BCUT2D eigenvalue weighted by atomic mass is 10.1. The molecular weight excluding hydrogens is 432 g/mol. The minimum Gasteiger partial charge on any atom is -0.319 e. The van der Waals surface area contributed by atoms with Crippen molar-refractivity contribution < 1.29 is 4.79 Å². The first-order chi connectivity index (χ1) is 16.0. The summed E-state index contributed by atoms with van der Waals surface area (Å²) >= 11 is 6.25. The molecule has 0 saturated heterocycles. The van der Waals surface area contributed by atoms with Gasteiger partial charge in [0.05, 0.1) is 5.69 Å². The molecule has 1 heterocycles. The molecule has 0 fully saturated rings. The number of hydrogen-bond donors (Lipinski definition) is 1. The van der Waals surface area contributed by atoms with Crippen LogP contribution in [-0.4, -0.2) is 20.7 Å². The second-order valence-corrected chi connectivity index (χ2v) is 8.39. The van der Waals surface area contributed by atoms with Crippen LogP contribution in [0.15, 0.2) is 84.9 Å². The summed E-state index contributed by atoms with van der Waals surface area (Å²) in [6.07, 6.45) is 0. The summed E-state index contributed by atoms with van der Waals surface area (Å²) < 4.78 is 1.71. The van der Waals surface area contributed by atoms with Crippen molar-refractivity contribution in [1.29, 1.82) is 0 Å². The monoisotopic (exact) mass is 452 g/mol. The Morgan fingerprint density at radius 1 is 0.909 bits per heavy atom. The maximum absolute atomic E-state index is 13.2. The van der Waals surface area contributed by atoms with Gasteiger partial charge in [-0.3, -0.25) is 4.79 Å². The summed E-state index contributed by atoms with van der Waals surface area (Å²) in [5.74, 6) is 0.256. The summed E-state index contributed by atoms with van der Waals surface area (Å²) in [7, 11) is 0. The lowest BCUT2D eigenvalue weighted by molar-refractivity contribution is 0.101. The maximum Gasteiger partial charge on any atom is 0.295 e. The number of fused-ring (bicyclic) bond motifs is 1. The van der Waals surface area contributed by atoms with Gasteiger partial charge in [0, 0.05) is 21.7 Å². The number of halogens is 1. The van der Waals surface area contributed by atoms with Crippen LogP contribution in [0.1, 0.15) is 21.7 Å². The van der Waals surface area contributed by atoms with Gasteiger partial charge >= 0.3 is 0 Å². The number of nitrogens with one attached hydrogen (secondary N) is 1. The van der Waals surface area contributed by atoms with Crippen molar-refractivity contribution in [2.45, 2.75) is 13.8 Å². The fourth-order valence-corrected chi connectivity index (χ4v) is 4.04. The van der Waals surface area contributed by atoms with Gasteiger partial charge < -0.3 is 5.32 Å². The third kappa shape index (κ3) is 4.11. The molecule has 162 valence electrons. The van der Waals surface area contributed by atoms with Crippen molar-refractivity contribution in [2.75, 3.05) is 5.32 Å². The standard InChI is InChI=1S/C27H21ClN4O/c1-17-13-14-18(2)24(15-17)32-26(20-9-5-10-21(28)16-20)30-25(31-32)27(33)29-23-12-6-8-19-7-3-4-11-22(19)23/h3-16H,1-2H3,(H,29,33). The molecule has 0 spiro atoms. The van der Waals surface area contributed by atoms with Crippen molar-refractivity contribution in [3.05, 3.63) is 107 Å². The quantitative estimate of drug-likeness (QED) is 0.333. The molecule has 1 aromatic heterocycles. The van der Waals surface area contributed by atoms with Crippen LogP contribution < -0.4 is 5.32 Å². The van der Waals surface area contributed by atoms with E-state index in [9.17, 15) is 4.79 Å². The van der Waals surface area contributed by atoms with E-state index in [1.54, 1.807) is 10.7 Å². The highest BCUT2D eigenvalue weighted by atomic mass is 35.5. The molecule has 0 aliphatic heterocycles. The van der Waals surface area contributed by atoms with Crippen molar-refractivity contribution in [3.63, 3.8) is 0 Å². The van der Waals surface area contributed by atoms with Crippen LogP contribution in [0.5, 0.6) is 0 Å². The fourth-order valence-electron chi connectivity index (χ4n) is 3.85. The summed E-state index contributed by atoms with van der Waals surface area (Å²) in [6.45, 7) is 4.03. The molecular formula is C27H21ClN4O. The van der Waals surface area contributed by atoms with Crippen LogP contribution in [0, 0.1) is 13.8 Å². The molecule has 1 amide bonds. The van der Waals surface area contributed by atoms with Crippen molar-refractivity contribution in [2.24, 2.45) is 0 Å². The van der Waals surface area contributed by atoms with Crippen LogP contribution in [0.3, 0.4) is 0 Å². The van der Waals surface area contributed by atoms with Crippen LogP contribution >= 0.6 is 11.6 Å². The number of nitrogens with zero attached hydrogens (tertiary/aromatic N) is 3. The van der Waals surface area contributed by atoms with Crippen LogP contribution in [0.4, 0.5) is 5.69 Å². The van der Waals surface area contributed by atoms with Crippen LogP contribution in [0.25, 0.3) is 27.8 Å². The van der Waals surface area contributed by atoms with Crippen LogP contribution in [-0.2, 0) is 0 Å². The molecule has 1 N–H and O–H groups in total. The Morgan fingerprint density at radius 3 is 2.55 bits per heavy atom. The van der Waals surface area contributed by atoms with Gasteiger partial charge in [0.2, 0.25) is 5.82 Å². The van der Waals surface area contributed by atoms with E-state index < -0.39 is 0 Å². The van der Waals surface area contributed by atoms with E-state index in [-0.39, 0.29) is 11.7 Å². The number of aromatic nitrogens is 3. The maximum atomic E-state index is 13.2. The molecule has 0 unspecified atom stereocenters. The van der Waals surface area contributed by atoms with Gasteiger partial charge in [0.1, 0.15) is 0 Å². The zero-order valence-corrected chi connectivity index (χ0v) is 19.0. The Hall–Kier alpha value is -3.96. The molecule has 0 radical (unpaired) electrons. The van der Waals surface area contributed by atoms with Gasteiger partial charge in [-0.05, 0) is 54.6 Å². The first kappa shape index (κ1) is 20.9. The van der Waals surface area contributed by atoms with Gasteiger partial charge in [-0.15, -0.1) is 5.10 Å². The Labute approximate surface area is 196 Å². The molecule has 5 aromatic rings. The topological polar surface area (TPSA) is 59.8 Å². The van der Waals surface area contributed by atoms with E-state index in [1.807, 2.05) is 92.7 Å². The minimum atomic E-state index is -0.376. The number of anilines is 1. The van der Waals surface area contributed by atoms with E-state index in [4.69, 9.17) is 11.6 Å². The SMILES string of the molecule is Cc1ccc(C)c(-n2nc(C(=O)Nc3cccc4ccccc34)nc2-c2cccc(Cl)c2)c1. The Bertz CT molecular complexity index is 1500. The summed E-state index contributed by atoms with van der Waals surface area (Å²) in [5.41, 5.74) is 4.46. The number of aryl methyl sites for hydroxylation is 2. The second kappa shape index (κ2) is 8.52. The Morgan fingerprint density at radius 2 is 1.70 bits per heavy atom. The zero-order chi connectivity index (χ0) is 22.9. The normalized spacial score (nSPS) is 11.0. The molecule has 33 heavy (non-hydrogen) atoms. The number of rotatable bonds is 4. The smallest absolute Gasteiger partial charge is 0.295 e. The average Bonchev–Trinajstić information content (AvgIpc) is 3.26. The molecule has 5 rings (SSSR count).